The van der Waals surface area contributed by atoms with E-state index in [1.807, 2.05) is 55.5 Å². The van der Waals surface area contributed by atoms with Crippen molar-refractivity contribution in [3.8, 4) is 0 Å². The Kier molecular flexibility index (Phi) is 10.9. The molecule has 31 heavy (non-hydrogen) atoms. The van der Waals surface area contributed by atoms with Crippen molar-refractivity contribution in [2.75, 3.05) is 12.3 Å². The van der Waals surface area contributed by atoms with Crippen molar-refractivity contribution >= 4 is 51.1 Å². The molecule has 0 radical (unpaired) electrons. The first-order valence-corrected chi connectivity index (χ1v) is 12.8. The summed E-state index contributed by atoms with van der Waals surface area (Å²) in [7, 11) is 0. The van der Waals surface area contributed by atoms with E-state index in [0.29, 0.717) is 36.2 Å². The number of rotatable bonds is 11. The van der Waals surface area contributed by atoms with Crippen LogP contribution in [0.2, 0.25) is 5.02 Å². The standard InChI is InChI=1S/C24H30BrClN2O2S/c1-4-22(24(30)27-13-17(2)3)28(14-18-7-11-21(26)12-8-18)23(29)16-31-15-19-5-9-20(25)10-6-19/h5-12,17,22H,4,13-16H2,1-3H3,(H,27,30)/t22-/m1/s1. The quantitative estimate of drug-likeness (QED) is 0.396. The molecule has 2 amide bonds. The molecule has 0 aromatic heterocycles. The van der Waals surface area contributed by atoms with Gasteiger partial charge in [-0.15, -0.1) is 11.8 Å². The van der Waals surface area contributed by atoms with Crippen LogP contribution >= 0.6 is 39.3 Å². The topological polar surface area (TPSA) is 49.4 Å². The molecule has 0 spiro atoms. The predicted molar refractivity (Wildman–Crippen MR) is 134 cm³/mol. The molecule has 0 aliphatic carbocycles. The highest BCUT2D eigenvalue weighted by Gasteiger charge is 2.28. The number of halogens is 2. The van der Waals surface area contributed by atoms with Crippen molar-refractivity contribution in [2.45, 2.75) is 45.5 Å². The van der Waals surface area contributed by atoms with Crippen molar-refractivity contribution in [3.05, 3.63) is 69.2 Å². The van der Waals surface area contributed by atoms with Gasteiger partial charge in [-0.05, 0) is 47.7 Å². The van der Waals surface area contributed by atoms with Crippen LogP contribution in [-0.2, 0) is 21.9 Å². The summed E-state index contributed by atoms with van der Waals surface area (Å²) in [6, 6.07) is 15.0. The highest BCUT2D eigenvalue weighted by Crippen LogP contribution is 2.19. The normalized spacial score (nSPS) is 11.9. The fourth-order valence-corrected chi connectivity index (χ4v) is 4.31. The van der Waals surface area contributed by atoms with Crippen LogP contribution in [0.4, 0.5) is 0 Å². The van der Waals surface area contributed by atoms with Gasteiger partial charge in [0.15, 0.2) is 0 Å². The van der Waals surface area contributed by atoms with E-state index >= 15 is 0 Å². The van der Waals surface area contributed by atoms with Crippen LogP contribution in [-0.4, -0.2) is 35.1 Å². The Morgan fingerprint density at radius 3 is 2.26 bits per heavy atom. The molecule has 168 valence electrons. The Balaban J connectivity index is 2.10. The molecule has 1 N–H and O–H groups in total. The molecule has 2 aromatic carbocycles. The lowest BCUT2D eigenvalue weighted by Gasteiger charge is -2.31. The summed E-state index contributed by atoms with van der Waals surface area (Å²) in [6.45, 7) is 7.02. The average molecular weight is 526 g/mol. The molecule has 2 aromatic rings. The average Bonchev–Trinajstić information content (AvgIpc) is 2.74. The minimum absolute atomic E-state index is 0.0383. The summed E-state index contributed by atoms with van der Waals surface area (Å²) in [5.74, 6) is 1.27. The number of amides is 2. The van der Waals surface area contributed by atoms with Gasteiger partial charge in [-0.3, -0.25) is 9.59 Å². The summed E-state index contributed by atoms with van der Waals surface area (Å²) >= 11 is 11.0. The zero-order chi connectivity index (χ0) is 22.8. The molecule has 7 heteroatoms. The minimum Gasteiger partial charge on any atom is -0.354 e. The zero-order valence-electron chi connectivity index (χ0n) is 18.2. The second-order valence-corrected chi connectivity index (χ2v) is 10.2. The van der Waals surface area contributed by atoms with Gasteiger partial charge in [0.25, 0.3) is 0 Å². The number of carbonyl (C=O) groups is 2. The third-order valence-electron chi connectivity index (χ3n) is 4.74. The smallest absolute Gasteiger partial charge is 0.242 e. The van der Waals surface area contributed by atoms with Gasteiger partial charge in [-0.1, -0.05) is 72.6 Å². The molecule has 1 atom stereocenters. The molecule has 0 unspecified atom stereocenters. The van der Waals surface area contributed by atoms with Gasteiger partial charge in [-0.2, -0.15) is 0 Å². The minimum atomic E-state index is -0.504. The van der Waals surface area contributed by atoms with E-state index in [0.717, 1.165) is 21.4 Å². The maximum absolute atomic E-state index is 13.2. The zero-order valence-corrected chi connectivity index (χ0v) is 21.4. The van der Waals surface area contributed by atoms with Crippen LogP contribution < -0.4 is 5.32 Å². The first-order chi connectivity index (χ1) is 14.8. The molecular weight excluding hydrogens is 496 g/mol. The Labute approximate surface area is 203 Å². The monoisotopic (exact) mass is 524 g/mol. The largest absolute Gasteiger partial charge is 0.354 e. The number of hydrogen-bond acceptors (Lipinski definition) is 3. The van der Waals surface area contributed by atoms with Gasteiger partial charge in [0.1, 0.15) is 6.04 Å². The Hall–Kier alpha value is -1.50. The van der Waals surface area contributed by atoms with E-state index in [-0.39, 0.29) is 11.8 Å². The highest BCUT2D eigenvalue weighted by atomic mass is 79.9. The first-order valence-electron chi connectivity index (χ1n) is 10.4. The van der Waals surface area contributed by atoms with Crippen LogP contribution in [0.15, 0.2) is 53.0 Å². The molecule has 0 saturated carbocycles. The van der Waals surface area contributed by atoms with Gasteiger partial charge >= 0.3 is 0 Å². The second-order valence-electron chi connectivity index (χ2n) is 7.83. The summed E-state index contributed by atoms with van der Waals surface area (Å²) in [5, 5.41) is 3.63. The first kappa shape index (κ1) is 25.8. The van der Waals surface area contributed by atoms with E-state index < -0.39 is 6.04 Å². The Morgan fingerprint density at radius 1 is 1.06 bits per heavy atom. The van der Waals surface area contributed by atoms with Gasteiger partial charge in [0.05, 0.1) is 5.75 Å². The molecule has 2 rings (SSSR count). The fraction of sp³-hybridized carbons (Fsp3) is 0.417. The maximum atomic E-state index is 13.2. The van der Waals surface area contributed by atoms with Crippen molar-refractivity contribution in [3.63, 3.8) is 0 Å². The molecule has 0 heterocycles. The van der Waals surface area contributed by atoms with E-state index in [4.69, 9.17) is 11.6 Å². The Morgan fingerprint density at radius 2 is 1.68 bits per heavy atom. The molecule has 4 nitrogen and oxygen atoms in total. The second kappa shape index (κ2) is 13.1. The lowest BCUT2D eigenvalue weighted by Crippen LogP contribution is -2.50. The molecule has 0 saturated heterocycles. The van der Waals surface area contributed by atoms with Gasteiger partial charge < -0.3 is 10.2 Å². The molecule has 0 bridgehead atoms. The molecule has 0 aliphatic heterocycles. The third kappa shape index (κ3) is 8.87. The van der Waals surface area contributed by atoms with Gasteiger partial charge in [0, 0.05) is 28.3 Å². The lowest BCUT2D eigenvalue weighted by molar-refractivity contribution is -0.139. The SMILES string of the molecule is CC[C@H](C(=O)NCC(C)C)N(Cc1ccc(Cl)cc1)C(=O)CSCc1ccc(Br)cc1. The predicted octanol–water partition coefficient (Wildman–Crippen LogP) is 5.92. The van der Waals surface area contributed by atoms with Gasteiger partial charge in [0.2, 0.25) is 11.8 Å². The summed E-state index contributed by atoms with van der Waals surface area (Å²) in [4.78, 5) is 27.8. The number of benzene rings is 2. The molecule has 0 fully saturated rings. The van der Waals surface area contributed by atoms with Crippen LogP contribution in [0, 0.1) is 5.92 Å². The number of thioether (sulfide) groups is 1. The molecular formula is C24H30BrClN2O2S. The van der Waals surface area contributed by atoms with Crippen LogP contribution in [0.25, 0.3) is 0 Å². The summed E-state index contributed by atoms with van der Waals surface area (Å²) < 4.78 is 1.03. The van der Waals surface area contributed by atoms with E-state index in [1.165, 1.54) is 0 Å². The van der Waals surface area contributed by atoms with E-state index in [1.54, 1.807) is 16.7 Å². The van der Waals surface area contributed by atoms with E-state index in [2.05, 4.69) is 35.1 Å². The Bertz CT molecular complexity index is 844. The summed E-state index contributed by atoms with van der Waals surface area (Å²) in [5.41, 5.74) is 2.11. The fourth-order valence-electron chi connectivity index (χ4n) is 3.05. The number of nitrogens with zero attached hydrogens (tertiary/aromatic N) is 1. The third-order valence-corrected chi connectivity index (χ3v) is 6.51. The lowest BCUT2D eigenvalue weighted by atomic mass is 10.1. The van der Waals surface area contributed by atoms with Crippen LogP contribution in [0.1, 0.15) is 38.3 Å². The van der Waals surface area contributed by atoms with Crippen LogP contribution in [0.5, 0.6) is 0 Å². The van der Waals surface area contributed by atoms with Crippen molar-refractivity contribution < 1.29 is 9.59 Å². The van der Waals surface area contributed by atoms with E-state index in [9.17, 15) is 9.59 Å². The van der Waals surface area contributed by atoms with Crippen molar-refractivity contribution in [1.29, 1.82) is 0 Å². The van der Waals surface area contributed by atoms with Gasteiger partial charge in [-0.25, -0.2) is 0 Å². The summed E-state index contributed by atoms with van der Waals surface area (Å²) in [6.07, 6.45) is 0.556. The van der Waals surface area contributed by atoms with Crippen LogP contribution in [0.3, 0.4) is 0 Å². The number of carbonyl (C=O) groups excluding carboxylic acids is 2. The number of nitrogens with one attached hydrogen (secondary N) is 1. The number of hydrogen-bond donors (Lipinski definition) is 1. The van der Waals surface area contributed by atoms with Crippen molar-refractivity contribution in [1.82, 2.24) is 10.2 Å². The highest BCUT2D eigenvalue weighted by molar-refractivity contribution is 9.10. The maximum Gasteiger partial charge on any atom is 0.242 e. The van der Waals surface area contributed by atoms with Crippen molar-refractivity contribution in [2.24, 2.45) is 5.92 Å². The molecule has 0 aliphatic rings.